The summed E-state index contributed by atoms with van der Waals surface area (Å²) in [4.78, 5) is 17.2. The van der Waals surface area contributed by atoms with Crippen molar-refractivity contribution < 1.29 is 22.8 Å². The Kier molecular flexibility index (Phi) is 6.34. The second-order valence-corrected chi connectivity index (χ2v) is 8.41. The molecular weight excluding hydrogens is 392 g/mol. The molecule has 0 aromatic heterocycles. The minimum absolute atomic E-state index is 0.0789. The SMILES string of the molecule is CCCC(=O)OC1=NOC(c2ccc(-c3ccc(S(N)(=O)=O)cc3)cc2CC)C1. The molecule has 0 fully saturated rings. The Labute approximate surface area is 170 Å². The zero-order chi connectivity index (χ0) is 21.0. The molecule has 1 unspecified atom stereocenters. The van der Waals surface area contributed by atoms with E-state index >= 15 is 0 Å². The van der Waals surface area contributed by atoms with Gasteiger partial charge in [-0.2, -0.15) is 0 Å². The molecule has 0 saturated heterocycles. The van der Waals surface area contributed by atoms with Gasteiger partial charge in [-0.25, -0.2) is 13.6 Å². The summed E-state index contributed by atoms with van der Waals surface area (Å²) < 4.78 is 28.1. The molecule has 1 aliphatic rings. The van der Waals surface area contributed by atoms with Gasteiger partial charge in [0.05, 0.1) is 11.3 Å². The van der Waals surface area contributed by atoms with Crippen molar-refractivity contribution in [3.63, 3.8) is 0 Å². The van der Waals surface area contributed by atoms with Gasteiger partial charge in [-0.05, 0) is 47.2 Å². The monoisotopic (exact) mass is 416 g/mol. The van der Waals surface area contributed by atoms with Crippen LogP contribution in [-0.2, 0) is 30.8 Å². The minimum atomic E-state index is -3.72. The van der Waals surface area contributed by atoms with E-state index in [-0.39, 0.29) is 17.0 Å². The lowest BCUT2D eigenvalue weighted by molar-refractivity contribution is -0.135. The first-order valence-corrected chi connectivity index (χ1v) is 11.1. The fourth-order valence-electron chi connectivity index (χ4n) is 3.21. The van der Waals surface area contributed by atoms with Crippen molar-refractivity contribution in [2.75, 3.05) is 0 Å². The zero-order valence-corrected chi connectivity index (χ0v) is 17.2. The van der Waals surface area contributed by atoms with Crippen molar-refractivity contribution in [3.8, 4) is 11.1 Å². The number of nitrogens with two attached hydrogens (primary N) is 1. The van der Waals surface area contributed by atoms with Gasteiger partial charge >= 0.3 is 5.97 Å². The zero-order valence-electron chi connectivity index (χ0n) is 16.4. The van der Waals surface area contributed by atoms with Gasteiger partial charge < -0.3 is 9.57 Å². The molecule has 0 saturated carbocycles. The summed E-state index contributed by atoms with van der Waals surface area (Å²) in [5.41, 5.74) is 3.92. The van der Waals surface area contributed by atoms with Crippen LogP contribution < -0.4 is 5.14 Å². The number of nitrogens with zero attached hydrogens (tertiary/aromatic N) is 1. The van der Waals surface area contributed by atoms with Gasteiger partial charge in [-0.3, -0.25) is 4.79 Å². The molecule has 29 heavy (non-hydrogen) atoms. The molecule has 3 rings (SSSR count). The molecule has 0 bridgehead atoms. The maximum atomic E-state index is 11.6. The maximum absolute atomic E-state index is 11.6. The molecule has 0 radical (unpaired) electrons. The molecule has 2 aromatic carbocycles. The average molecular weight is 416 g/mol. The average Bonchev–Trinajstić information content (AvgIpc) is 3.15. The van der Waals surface area contributed by atoms with Crippen LogP contribution in [0.4, 0.5) is 0 Å². The van der Waals surface area contributed by atoms with E-state index in [0.717, 1.165) is 35.1 Å². The van der Waals surface area contributed by atoms with Gasteiger partial charge in [0.2, 0.25) is 15.9 Å². The van der Waals surface area contributed by atoms with E-state index in [1.54, 1.807) is 12.1 Å². The Morgan fingerprint density at radius 1 is 1.17 bits per heavy atom. The lowest BCUT2D eigenvalue weighted by Crippen LogP contribution is -2.12. The third-order valence-electron chi connectivity index (χ3n) is 4.71. The number of sulfonamides is 1. The fourth-order valence-corrected chi connectivity index (χ4v) is 3.73. The number of ether oxygens (including phenoxy) is 1. The van der Waals surface area contributed by atoms with E-state index in [1.807, 2.05) is 32.0 Å². The third kappa shape index (κ3) is 5.02. The largest absolute Gasteiger partial charge is 0.408 e. The predicted octanol–water partition coefficient (Wildman–Crippen LogP) is 3.68. The molecule has 2 N–H and O–H groups in total. The highest BCUT2D eigenvalue weighted by Crippen LogP contribution is 2.33. The second kappa shape index (κ2) is 8.75. The Balaban J connectivity index is 1.77. The summed E-state index contributed by atoms with van der Waals surface area (Å²) in [7, 11) is -3.72. The number of rotatable bonds is 6. The number of hydrogen-bond acceptors (Lipinski definition) is 6. The fraction of sp³-hybridized carbons (Fsp3) is 0.333. The molecule has 1 atom stereocenters. The summed E-state index contributed by atoms with van der Waals surface area (Å²) in [6, 6.07) is 12.4. The van der Waals surface area contributed by atoms with Crippen LogP contribution in [0, 0.1) is 0 Å². The summed E-state index contributed by atoms with van der Waals surface area (Å²) in [6.07, 6.45) is 1.96. The first-order chi connectivity index (χ1) is 13.8. The number of esters is 1. The molecule has 7 nitrogen and oxygen atoms in total. The van der Waals surface area contributed by atoms with Gasteiger partial charge in [0.25, 0.3) is 0 Å². The Hall–Kier alpha value is -2.71. The molecule has 1 heterocycles. The highest BCUT2D eigenvalue weighted by Gasteiger charge is 2.27. The summed E-state index contributed by atoms with van der Waals surface area (Å²) in [6.45, 7) is 3.96. The highest BCUT2D eigenvalue weighted by molar-refractivity contribution is 7.89. The van der Waals surface area contributed by atoms with Crippen molar-refractivity contribution in [1.82, 2.24) is 0 Å². The van der Waals surface area contributed by atoms with E-state index < -0.39 is 10.0 Å². The molecule has 2 aromatic rings. The van der Waals surface area contributed by atoms with Crippen molar-refractivity contribution in [2.24, 2.45) is 10.3 Å². The molecule has 1 aliphatic heterocycles. The van der Waals surface area contributed by atoms with Crippen LogP contribution >= 0.6 is 0 Å². The summed E-state index contributed by atoms with van der Waals surface area (Å²) in [5, 5.41) is 9.06. The van der Waals surface area contributed by atoms with Gasteiger partial charge in [-0.15, -0.1) is 0 Å². The third-order valence-corrected chi connectivity index (χ3v) is 5.64. The molecule has 8 heteroatoms. The number of carbonyl (C=O) groups excluding carboxylic acids is 1. The smallest absolute Gasteiger partial charge is 0.312 e. The van der Waals surface area contributed by atoms with Crippen LogP contribution in [0.2, 0.25) is 0 Å². The lowest BCUT2D eigenvalue weighted by atomic mass is 9.94. The molecule has 0 spiro atoms. The number of hydrogen-bond donors (Lipinski definition) is 1. The van der Waals surface area contributed by atoms with Gasteiger partial charge in [-0.1, -0.05) is 49.3 Å². The standard InChI is InChI=1S/C21H24N2O5S/c1-3-5-21(24)27-20-13-19(28-23-20)18-11-8-16(12-14(18)4-2)15-6-9-17(10-7-15)29(22,25)26/h6-12,19H,3-5,13H2,1-2H3,(H2,22,25,26). The van der Waals surface area contributed by atoms with Gasteiger partial charge in [0.1, 0.15) is 0 Å². The van der Waals surface area contributed by atoms with Crippen molar-refractivity contribution in [2.45, 2.75) is 50.5 Å². The first-order valence-electron chi connectivity index (χ1n) is 9.51. The number of benzene rings is 2. The summed E-state index contributed by atoms with van der Waals surface area (Å²) in [5.74, 6) is 0.00247. The van der Waals surface area contributed by atoms with Crippen LogP contribution in [0.15, 0.2) is 52.5 Å². The Bertz CT molecular complexity index is 1030. The normalized spacial score (nSPS) is 16.2. The van der Waals surface area contributed by atoms with Crippen LogP contribution in [0.1, 0.15) is 50.3 Å². The molecule has 154 valence electrons. The lowest BCUT2D eigenvalue weighted by Gasteiger charge is -2.15. The van der Waals surface area contributed by atoms with Gasteiger partial charge in [0, 0.05) is 6.42 Å². The van der Waals surface area contributed by atoms with E-state index in [1.165, 1.54) is 12.1 Å². The van der Waals surface area contributed by atoms with Gasteiger partial charge in [0.15, 0.2) is 6.10 Å². The quantitative estimate of drug-likeness (QED) is 0.723. The molecule has 0 amide bonds. The number of aryl methyl sites for hydroxylation is 1. The minimum Gasteiger partial charge on any atom is -0.408 e. The Morgan fingerprint density at radius 2 is 1.86 bits per heavy atom. The van der Waals surface area contributed by atoms with E-state index in [4.69, 9.17) is 14.7 Å². The second-order valence-electron chi connectivity index (χ2n) is 6.84. The van der Waals surface area contributed by atoms with E-state index in [2.05, 4.69) is 5.16 Å². The molecular formula is C21H24N2O5S. The van der Waals surface area contributed by atoms with Crippen molar-refractivity contribution in [3.05, 3.63) is 53.6 Å². The number of oxime groups is 1. The maximum Gasteiger partial charge on any atom is 0.312 e. The predicted molar refractivity (Wildman–Crippen MR) is 110 cm³/mol. The van der Waals surface area contributed by atoms with Crippen molar-refractivity contribution in [1.29, 1.82) is 0 Å². The molecule has 0 aliphatic carbocycles. The van der Waals surface area contributed by atoms with Crippen molar-refractivity contribution >= 4 is 21.9 Å². The summed E-state index contributed by atoms with van der Waals surface area (Å²) >= 11 is 0. The number of primary sulfonamides is 1. The highest BCUT2D eigenvalue weighted by atomic mass is 32.2. The topological polar surface area (TPSA) is 108 Å². The van der Waals surface area contributed by atoms with Crippen LogP contribution in [0.5, 0.6) is 0 Å². The van der Waals surface area contributed by atoms with Crippen LogP contribution in [-0.4, -0.2) is 20.3 Å². The Morgan fingerprint density at radius 3 is 2.48 bits per heavy atom. The number of carbonyl (C=O) groups is 1. The van der Waals surface area contributed by atoms with Crippen LogP contribution in [0.25, 0.3) is 11.1 Å². The van der Waals surface area contributed by atoms with Crippen LogP contribution in [0.3, 0.4) is 0 Å². The first kappa shape index (κ1) is 21.0. The van der Waals surface area contributed by atoms with E-state index in [9.17, 15) is 13.2 Å². The van der Waals surface area contributed by atoms with E-state index in [0.29, 0.717) is 18.7 Å².